The number of halogens is 3. The minimum Gasteiger partial charge on any atom is -0.383 e. The summed E-state index contributed by atoms with van der Waals surface area (Å²) in [7, 11) is 0. The van der Waals surface area contributed by atoms with Gasteiger partial charge in [-0.15, -0.1) is 0 Å². The third-order valence-electron chi connectivity index (χ3n) is 3.72. The first kappa shape index (κ1) is 16.8. The average Bonchev–Trinajstić information content (AvgIpc) is 2.53. The van der Waals surface area contributed by atoms with E-state index in [9.17, 15) is 13.2 Å². The monoisotopic (exact) mass is 344 g/mol. The molecule has 0 bridgehead atoms. The van der Waals surface area contributed by atoms with E-state index in [2.05, 4.69) is 9.97 Å². The Morgan fingerprint density at radius 1 is 0.880 bits per heavy atom. The Morgan fingerprint density at radius 3 is 2.24 bits per heavy atom. The van der Waals surface area contributed by atoms with E-state index in [0.29, 0.717) is 11.1 Å². The first-order chi connectivity index (χ1) is 11.8. The van der Waals surface area contributed by atoms with Crippen molar-refractivity contribution >= 4 is 11.8 Å². The van der Waals surface area contributed by atoms with Gasteiger partial charge in [-0.25, -0.2) is 4.98 Å². The zero-order valence-corrected chi connectivity index (χ0v) is 13.3. The first-order valence-electron chi connectivity index (χ1n) is 7.43. The van der Waals surface area contributed by atoms with E-state index in [1.54, 1.807) is 6.07 Å². The van der Waals surface area contributed by atoms with Crippen molar-refractivity contribution < 1.29 is 13.2 Å². The quantitative estimate of drug-likeness (QED) is 0.726. The van der Waals surface area contributed by atoms with E-state index in [4.69, 9.17) is 11.5 Å². The predicted molar refractivity (Wildman–Crippen MR) is 91.5 cm³/mol. The number of nitrogen functional groups attached to an aromatic ring is 2. The molecular weight excluding hydrogens is 329 g/mol. The molecule has 0 aliphatic rings. The van der Waals surface area contributed by atoms with Crippen LogP contribution in [0, 0.1) is 6.92 Å². The molecule has 2 aromatic carbocycles. The molecule has 3 rings (SSSR count). The van der Waals surface area contributed by atoms with Gasteiger partial charge < -0.3 is 11.5 Å². The lowest BCUT2D eigenvalue weighted by atomic mass is 9.97. The summed E-state index contributed by atoms with van der Waals surface area (Å²) in [4.78, 5) is 8.11. The second-order valence-electron chi connectivity index (χ2n) is 5.64. The summed E-state index contributed by atoms with van der Waals surface area (Å²) in [6, 6.07) is 12.3. The molecule has 0 aliphatic heterocycles. The van der Waals surface area contributed by atoms with Crippen LogP contribution in [-0.4, -0.2) is 9.97 Å². The number of hydrogen-bond acceptors (Lipinski definition) is 4. The second-order valence-corrected chi connectivity index (χ2v) is 5.64. The molecule has 1 aromatic heterocycles. The molecule has 0 amide bonds. The Hall–Kier alpha value is -3.09. The van der Waals surface area contributed by atoms with Gasteiger partial charge in [0.15, 0.2) is 0 Å². The Kier molecular flexibility index (Phi) is 4.08. The summed E-state index contributed by atoms with van der Waals surface area (Å²) in [5, 5.41) is 0. The molecule has 0 radical (unpaired) electrons. The van der Waals surface area contributed by atoms with Crippen molar-refractivity contribution in [3.05, 3.63) is 59.7 Å². The van der Waals surface area contributed by atoms with Crippen LogP contribution in [0.4, 0.5) is 24.9 Å². The number of rotatable bonds is 2. The van der Waals surface area contributed by atoms with E-state index >= 15 is 0 Å². The van der Waals surface area contributed by atoms with Crippen LogP contribution in [0.3, 0.4) is 0 Å². The summed E-state index contributed by atoms with van der Waals surface area (Å²) in [6.45, 7) is 1.90. The Labute approximate surface area is 142 Å². The number of nitrogens with zero attached hydrogens (tertiary/aromatic N) is 2. The van der Waals surface area contributed by atoms with Crippen molar-refractivity contribution in [3.8, 4) is 22.4 Å². The highest BCUT2D eigenvalue weighted by atomic mass is 19.4. The lowest BCUT2D eigenvalue weighted by Gasteiger charge is -2.14. The lowest BCUT2D eigenvalue weighted by molar-refractivity contribution is -0.137. The van der Waals surface area contributed by atoms with Gasteiger partial charge >= 0.3 is 6.18 Å². The van der Waals surface area contributed by atoms with Crippen LogP contribution in [0.15, 0.2) is 48.5 Å². The van der Waals surface area contributed by atoms with Crippen LogP contribution < -0.4 is 11.5 Å². The molecule has 3 aromatic rings. The zero-order chi connectivity index (χ0) is 18.2. The maximum Gasteiger partial charge on any atom is 0.416 e. The van der Waals surface area contributed by atoms with E-state index in [1.807, 2.05) is 25.1 Å². The maximum absolute atomic E-state index is 13.0. The number of anilines is 2. The number of aryl methyl sites for hydroxylation is 1. The number of benzene rings is 2. The fourth-order valence-corrected chi connectivity index (χ4v) is 2.63. The minimum atomic E-state index is -4.45. The van der Waals surface area contributed by atoms with Gasteiger partial charge in [-0.1, -0.05) is 42.0 Å². The van der Waals surface area contributed by atoms with Gasteiger partial charge in [-0.3, -0.25) is 0 Å². The smallest absolute Gasteiger partial charge is 0.383 e. The fourth-order valence-electron chi connectivity index (χ4n) is 2.63. The molecular formula is C18H15F3N4. The summed E-state index contributed by atoms with van der Waals surface area (Å²) in [5.74, 6) is 0.0202. The molecule has 0 spiro atoms. The van der Waals surface area contributed by atoms with Crippen molar-refractivity contribution in [2.24, 2.45) is 0 Å². The summed E-state index contributed by atoms with van der Waals surface area (Å²) >= 11 is 0. The molecule has 0 unspecified atom stereocenters. The largest absolute Gasteiger partial charge is 0.416 e. The van der Waals surface area contributed by atoms with Crippen molar-refractivity contribution in [2.45, 2.75) is 13.1 Å². The summed E-state index contributed by atoms with van der Waals surface area (Å²) in [5.41, 5.74) is 13.6. The topological polar surface area (TPSA) is 77.8 Å². The van der Waals surface area contributed by atoms with Gasteiger partial charge in [0.25, 0.3) is 0 Å². The van der Waals surface area contributed by atoms with E-state index in [0.717, 1.165) is 17.7 Å². The van der Waals surface area contributed by atoms with E-state index in [-0.39, 0.29) is 23.0 Å². The molecule has 0 aliphatic carbocycles. The normalized spacial score (nSPS) is 11.5. The van der Waals surface area contributed by atoms with Crippen LogP contribution in [0.25, 0.3) is 22.4 Å². The van der Waals surface area contributed by atoms with Gasteiger partial charge in [-0.2, -0.15) is 18.2 Å². The number of hydrogen-bond donors (Lipinski definition) is 2. The summed E-state index contributed by atoms with van der Waals surface area (Å²) in [6.07, 6.45) is -4.45. The average molecular weight is 344 g/mol. The second kappa shape index (κ2) is 6.08. The van der Waals surface area contributed by atoms with Crippen molar-refractivity contribution in [2.75, 3.05) is 11.5 Å². The van der Waals surface area contributed by atoms with E-state index in [1.165, 1.54) is 12.1 Å². The Balaban J connectivity index is 2.27. The van der Waals surface area contributed by atoms with Crippen LogP contribution in [0.1, 0.15) is 11.1 Å². The molecule has 1 heterocycles. The molecule has 25 heavy (non-hydrogen) atoms. The highest BCUT2D eigenvalue weighted by Gasteiger charge is 2.31. The molecule has 4 N–H and O–H groups in total. The maximum atomic E-state index is 13.0. The molecule has 0 atom stereocenters. The predicted octanol–water partition coefficient (Wildman–Crippen LogP) is 4.30. The van der Waals surface area contributed by atoms with Crippen molar-refractivity contribution in [1.82, 2.24) is 9.97 Å². The van der Waals surface area contributed by atoms with Crippen LogP contribution >= 0.6 is 0 Å². The van der Waals surface area contributed by atoms with Crippen LogP contribution in [0.5, 0.6) is 0 Å². The standard InChI is InChI=1S/C18H15F3N4/c1-10-4-2-5-11(8-10)14-15(24-17(23)25-16(14)22)12-6-3-7-13(9-12)18(19,20)21/h2-9H,1H3,(H4,22,23,24,25). The van der Waals surface area contributed by atoms with Crippen molar-refractivity contribution in [3.63, 3.8) is 0 Å². The highest BCUT2D eigenvalue weighted by Crippen LogP contribution is 2.37. The summed E-state index contributed by atoms with van der Waals surface area (Å²) < 4.78 is 39.1. The Bertz CT molecular complexity index is 936. The molecule has 0 fully saturated rings. The van der Waals surface area contributed by atoms with Gasteiger partial charge in [0.1, 0.15) is 5.82 Å². The van der Waals surface area contributed by atoms with Gasteiger partial charge in [0.2, 0.25) is 5.95 Å². The molecule has 128 valence electrons. The van der Waals surface area contributed by atoms with Crippen LogP contribution in [0.2, 0.25) is 0 Å². The number of nitrogens with two attached hydrogens (primary N) is 2. The third-order valence-corrected chi connectivity index (χ3v) is 3.72. The van der Waals surface area contributed by atoms with E-state index < -0.39 is 11.7 Å². The van der Waals surface area contributed by atoms with Crippen molar-refractivity contribution in [1.29, 1.82) is 0 Å². The zero-order valence-electron chi connectivity index (χ0n) is 13.3. The SMILES string of the molecule is Cc1cccc(-c2c(N)nc(N)nc2-c2cccc(C(F)(F)F)c2)c1. The molecule has 0 saturated carbocycles. The van der Waals surface area contributed by atoms with Gasteiger partial charge in [-0.05, 0) is 24.6 Å². The Morgan fingerprint density at radius 2 is 1.56 bits per heavy atom. The van der Waals surface area contributed by atoms with Crippen LogP contribution in [-0.2, 0) is 6.18 Å². The minimum absolute atomic E-state index is 0.0960. The first-order valence-corrected chi connectivity index (χ1v) is 7.43. The molecule has 7 heteroatoms. The van der Waals surface area contributed by atoms with Gasteiger partial charge in [0.05, 0.1) is 16.8 Å². The number of aromatic nitrogens is 2. The van der Waals surface area contributed by atoms with Gasteiger partial charge in [0, 0.05) is 5.56 Å². The molecule has 4 nitrogen and oxygen atoms in total. The highest BCUT2D eigenvalue weighted by molar-refractivity contribution is 5.88. The fraction of sp³-hybridized carbons (Fsp3) is 0.111. The third kappa shape index (κ3) is 3.40. The number of alkyl halides is 3. The molecule has 0 saturated heterocycles. The lowest BCUT2D eigenvalue weighted by Crippen LogP contribution is -2.07.